The third-order valence-electron chi connectivity index (χ3n) is 4.87. The van der Waals surface area contributed by atoms with Crippen LogP contribution in [0.15, 0.2) is 24.3 Å². The summed E-state index contributed by atoms with van der Waals surface area (Å²) in [5.74, 6) is -0.558. The lowest BCUT2D eigenvalue weighted by atomic mass is 9.87. The molecule has 188 valence electrons. The molecule has 2 amide bonds. The number of carboxylic acid groups (broad SMARTS) is 1. The normalized spacial score (nSPS) is 13.4. The van der Waals surface area contributed by atoms with Gasteiger partial charge in [0.2, 0.25) is 0 Å². The highest BCUT2D eigenvalue weighted by molar-refractivity contribution is 5.75. The summed E-state index contributed by atoms with van der Waals surface area (Å²) in [6, 6.07) is 7.90. The van der Waals surface area contributed by atoms with Crippen LogP contribution in [0.25, 0.3) is 0 Å². The smallest absolute Gasteiger partial charge is 0.407 e. The molecule has 8 nitrogen and oxygen atoms in total. The summed E-state index contributed by atoms with van der Waals surface area (Å²) < 4.78 is 9.92. The maximum absolute atomic E-state index is 11.4. The Bertz CT molecular complexity index is 733. The second-order valence-corrected chi connectivity index (χ2v) is 9.44. The number of nitrogens with one attached hydrogen (secondary N) is 1. The Kier molecular flexibility index (Phi) is 13.9. The number of aliphatic carboxylic acids is 1. The van der Waals surface area contributed by atoms with E-state index in [1.54, 1.807) is 6.92 Å². The molecule has 4 N–H and O–H groups in total. The predicted molar refractivity (Wildman–Crippen MR) is 129 cm³/mol. The number of primary amides is 1. The fraction of sp³-hybridized carbons (Fsp3) is 0.640. The van der Waals surface area contributed by atoms with Gasteiger partial charge in [0.15, 0.2) is 0 Å². The summed E-state index contributed by atoms with van der Waals surface area (Å²) in [4.78, 5) is 32.8. The van der Waals surface area contributed by atoms with Gasteiger partial charge in [-0.15, -0.1) is 0 Å². The monoisotopic (exact) mass is 466 g/mol. The van der Waals surface area contributed by atoms with Crippen LogP contribution in [0.3, 0.4) is 0 Å². The van der Waals surface area contributed by atoms with Crippen LogP contribution in [0, 0.1) is 11.3 Å². The minimum Gasteiger partial charge on any atom is -0.481 e. The van der Waals surface area contributed by atoms with Crippen molar-refractivity contribution in [1.29, 1.82) is 0 Å². The highest BCUT2D eigenvalue weighted by atomic mass is 16.6. The lowest BCUT2D eigenvalue weighted by molar-refractivity contribution is -0.138. The molecule has 0 aliphatic carbocycles. The second-order valence-electron chi connectivity index (χ2n) is 9.44. The van der Waals surface area contributed by atoms with Gasteiger partial charge < -0.3 is 25.6 Å². The van der Waals surface area contributed by atoms with Crippen molar-refractivity contribution in [3.63, 3.8) is 0 Å². The number of carboxylic acids is 1. The van der Waals surface area contributed by atoms with Crippen molar-refractivity contribution in [1.82, 2.24) is 5.32 Å². The van der Waals surface area contributed by atoms with Gasteiger partial charge in [-0.1, -0.05) is 58.4 Å². The van der Waals surface area contributed by atoms with Crippen molar-refractivity contribution in [3.05, 3.63) is 35.4 Å². The molecule has 0 radical (unpaired) electrons. The maximum atomic E-state index is 11.4. The topological polar surface area (TPSA) is 128 Å². The van der Waals surface area contributed by atoms with E-state index in [4.69, 9.17) is 20.3 Å². The van der Waals surface area contributed by atoms with Crippen molar-refractivity contribution in [3.8, 4) is 0 Å². The first-order valence-corrected chi connectivity index (χ1v) is 11.5. The Labute approximate surface area is 198 Å². The van der Waals surface area contributed by atoms with Gasteiger partial charge in [0.25, 0.3) is 0 Å². The van der Waals surface area contributed by atoms with Gasteiger partial charge in [0.05, 0.1) is 5.92 Å². The number of nitrogens with two attached hydrogens (primary N) is 1. The average Bonchev–Trinajstić information content (AvgIpc) is 2.71. The molecule has 0 spiro atoms. The molecule has 0 bridgehead atoms. The van der Waals surface area contributed by atoms with Gasteiger partial charge in [0, 0.05) is 11.5 Å². The summed E-state index contributed by atoms with van der Waals surface area (Å²) in [7, 11) is 0. The van der Waals surface area contributed by atoms with Gasteiger partial charge in [-0.2, -0.15) is 0 Å². The Hall–Kier alpha value is -2.77. The van der Waals surface area contributed by atoms with Crippen molar-refractivity contribution >= 4 is 18.2 Å². The first-order valence-electron chi connectivity index (χ1n) is 11.5. The number of hydrogen-bond acceptors (Lipinski definition) is 5. The number of carbonyl (C=O) groups excluding carboxylic acids is 2. The quantitative estimate of drug-likeness (QED) is 0.416. The molecule has 2 unspecified atom stereocenters. The van der Waals surface area contributed by atoms with Crippen LogP contribution in [0.2, 0.25) is 0 Å². The highest BCUT2D eigenvalue weighted by Gasteiger charge is 2.27. The van der Waals surface area contributed by atoms with E-state index < -0.39 is 29.5 Å². The van der Waals surface area contributed by atoms with Gasteiger partial charge in [0.1, 0.15) is 13.2 Å². The van der Waals surface area contributed by atoms with Crippen LogP contribution in [0.4, 0.5) is 9.59 Å². The van der Waals surface area contributed by atoms with Crippen LogP contribution >= 0.6 is 0 Å². The molecule has 0 saturated heterocycles. The summed E-state index contributed by atoms with van der Waals surface area (Å²) in [6.07, 6.45) is 1.43. The second kappa shape index (κ2) is 15.1. The van der Waals surface area contributed by atoms with Gasteiger partial charge >= 0.3 is 18.2 Å². The Morgan fingerprint density at radius 3 is 2.00 bits per heavy atom. The minimum atomic E-state index is -0.816. The molecule has 0 aliphatic rings. The zero-order chi connectivity index (χ0) is 25.6. The fourth-order valence-corrected chi connectivity index (χ4v) is 3.11. The van der Waals surface area contributed by atoms with E-state index >= 15 is 0 Å². The largest absolute Gasteiger partial charge is 0.481 e. The van der Waals surface area contributed by atoms with Crippen LogP contribution < -0.4 is 11.1 Å². The summed E-state index contributed by atoms with van der Waals surface area (Å²) in [6.45, 7) is 14.0. The van der Waals surface area contributed by atoms with E-state index in [2.05, 4.69) is 19.2 Å². The Balaban J connectivity index is 0.000000629. The number of amides is 2. The molecule has 0 aromatic heterocycles. The molecule has 1 aromatic carbocycles. The van der Waals surface area contributed by atoms with E-state index in [0.29, 0.717) is 5.92 Å². The lowest BCUT2D eigenvalue weighted by Gasteiger charge is -2.27. The predicted octanol–water partition coefficient (Wildman–Crippen LogP) is 5.10. The lowest BCUT2D eigenvalue weighted by Crippen LogP contribution is -2.37. The standard InChI is InChI=1S/C13H18O2.C12H24N2O4/c1-9(2)8-11-4-6-12(7-5-11)10(3)13(14)15;1-5-6-12(4,7-17-10(13)15)8-18-11(16)14-9(2)3/h4-7,9-10H,8H2,1-3H3,(H,14,15);9H,5-8H2,1-4H3,(H2,13,15)(H,14,16). The molecule has 0 fully saturated rings. The molecular formula is C25H42N2O6. The number of benzene rings is 1. The minimum absolute atomic E-state index is 0.0248. The first-order chi connectivity index (χ1) is 15.3. The maximum Gasteiger partial charge on any atom is 0.407 e. The average molecular weight is 467 g/mol. The molecule has 8 heteroatoms. The van der Waals surface area contributed by atoms with E-state index in [1.165, 1.54) is 5.56 Å². The third-order valence-corrected chi connectivity index (χ3v) is 4.87. The van der Waals surface area contributed by atoms with Crippen molar-refractivity contribution in [2.24, 2.45) is 17.1 Å². The van der Waals surface area contributed by atoms with Gasteiger partial charge in [-0.3, -0.25) is 4.79 Å². The van der Waals surface area contributed by atoms with Crippen LogP contribution in [0.1, 0.15) is 78.4 Å². The fourth-order valence-electron chi connectivity index (χ4n) is 3.11. The highest BCUT2D eigenvalue weighted by Crippen LogP contribution is 2.24. The molecular weight excluding hydrogens is 424 g/mol. The first kappa shape index (κ1) is 30.2. The SMILES string of the molecule is CC(C)Cc1ccc(C(C)C(=O)O)cc1.CCCC(C)(COC(N)=O)COC(=O)NC(C)C. The van der Waals surface area contributed by atoms with Crippen molar-refractivity contribution in [2.75, 3.05) is 13.2 Å². The molecule has 0 aliphatic heterocycles. The van der Waals surface area contributed by atoms with E-state index in [0.717, 1.165) is 24.8 Å². The summed E-state index contributed by atoms with van der Waals surface area (Å²) in [5, 5.41) is 11.5. The van der Waals surface area contributed by atoms with Crippen molar-refractivity contribution in [2.45, 2.75) is 79.7 Å². The zero-order valence-corrected chi connectivity index (χ0v) is 21.1. The van der Waals surface area contributed by atoms with E-state index in [9.17, 15) is 14.4 Å². The van der Waals surface area contributed by atoms with Crippen LogP contribution in [-0.4, -0.2) is 42.5 Å². The summed E-state index contributed by atoms with van der Waals surface area (Å²) in [5.41, 5.74) is 6.67. The van der Waals surface area contributed by atoms with E-state index in [1.807, 2.05) is 52.0 Å². The number of alkyl carbamates (subject to hydrolysis) is 1. The Morgan fingerprint density at radius 2 is 1.58 bits per heavy atom. The number of hydrogen-bond donors (Lipinski definition) is 3. The van der Waals surface area contributed by atoms with E-state index in [-0.39, 0.29) is 19.3 Å². The molecule has 0 heterocycles. The van der Waals surface area contributed by atoms with Crippen molar-refractivity contribution < 1.29 is 29.0 Å². The van der Waals surface area contributed by atoms with Crippen LogP contribution in [0.5, 0.6) is 0 Å². The molecule has 33 heavy (non-hydrogen) atoms. The third kappa shape index (κ3) is 14.1. The number of rotatable bonds is 11. The summed E-state index contributed by atoms with van der Waals surface area (Å²) >= 11 is 0. The van der Waals surface area contributed by atoms with Crippen LogP contribution in [-0.2, 0) is 20.7 Å². The molecule has 2 atom stereocenters. The zero-order valence-electron chi connectivity index (χ0n) is 21.1. The molecule has 0 saturated carbocycles. The number of ether oxygens (including phenoxy) is 2. The van der Waals surface area contributed by atoms with Gasteiger partial charge in [-0.05, 0) is 50.7 Å². The molecule has 1 aromatic rings. The number of carbonyl (C=O) groups is 3. The van der Waals surface area contributed by atoms with Gasteiger partial charge in [-0.25, -0.2) is 9.59 Å². The Morgan fingerprint density at radius 1 is 1.03 bits per heavy atom. The molecule has 1 rings (SSSR count).